The number of nitrogens with one attached hydrogen (secondary N) is 1. The summed E-state index contributed by atoms with van der Waals surface area (Å²) in [4.78, 5) is 36.4. The largest absolute Gasteiger partial charge is 0.340 e. The third kappa shape index (κ3) is 4.66. The highest BCUT2D eigenvalue weighted by Crippen LogP contribution is 2.15. The summed E-state index contributed by atoms with van der Waals surface area (Å²) in [6.07, 6.45) is 0.433. The van der Waals surface area contributed by atoms with Crippen LogP contribution in [-0.2, 0) is 17.8 Å². The summed E-state index contributed by atoms with van der Waals surface area (Å²) in [5.74, 6) is 0.784. The molecule has 29 heavy (non-hydrogen) atoms. The first kappa shape index (κ1) is 19.6. The van der Waals surface area contributed by atoms with Gasteiger partial charge in [0, 0.05) is 31.2 Å². The summed E-state index contributed by atoms with van der Waals surface area (Å²) in [5, 5.41) is 1.01. The van der Waals surface area contributed by atoms with Crippen molar-refractivity contribution in [3.05, 3.63) is 74.8 Å². The van der Waals surface area contributed by atoms with E-state index < -0.39 is 0 Å². The summed E-state index contributed by atoms with van der Waals surface area (Å²) in [5.41, 5.74) is 2.69. The summed E-state index contributed by atoms with van der Waals surface area (Å²) in [6.45, 7) is 5.45. The van der Waals surface area contributed by atoms with Crippen LogP contribution in [0.15, 0.2) is 47.3 Å². The Morgan fingerprint density at radius 1 is 1.10 bits per heavy atom. The molecule has 0 bridgehead atoms. The van der Waals surface area contributed by atoms with E-state index in [1.165, 1.54) is 5.56 Å². The molecule has 0 spiro atoms. The van der Waals surface area contributed by atoms with Crippen LogP contribution in [0, 0.1) is 6.92 Å². The zero-order chi connectivity index (χ0) is 20.4. The van der Waals surface area contributed by atoms with Crippen LogP contribution < -0.4 is 5.56 Å². The fraction of sp³-hybridized carbons (Fsp3) is 0.318. The first-order chi connectivity index (χ1) is 14.0. The number of hydrogen-bond donors (Lipinski definition) is 1. The molecule has 1 aliphatic heterocycles. The highest BCUT2D eigenvalue weighted by atomic mass is 35.5. The highest BCUT2D eigenvalue weighted by Gasteiger charge is 2.22. The standard InChI is InChI=1S/C22H23ClN4O2/c1-15-2-4-16(5-3-15)12-21(28)27-10-8-26(9-11-27)14-20-24-19-7-6-17(23)13-18(19)22(29)25-20/h2-7,13H,8-12,14H2,1H3,(H,24,25,29). The Bertz CT molecular complexity index is 1090. The van der Waals surface area contributed by atoms with Crippen molar-refractivity contribution in [1.29, 1.82) is 0 Å². The maximum atomic E-state index is 12.6. The van der Waals surface area contributed by atoms with E-state index >= 15 is 0 Å². The number of carbonyl (C=O) groups is 1. The fourth-order valence-corrected chi connectivity index (χ4v) is 3.77. The van der Waals surface area contributed by atoms with Gasteiger partial charge < -0.3 is 9.88 Å². The molecule has 1 amide bonds. The normalized spacial score (nSPS) is 15.0. The van der Waals surface area contributed by atoms with Crippen molar-refractivity contribution >= 4 is 28.4 Å². The van der Waals surface area contributed by atoms with Crippen LogP contribution in [0.25, 0.3) is 10.9 Å². The number of fused-ring (bicyclic) bond motifs is 1. The van der Waals surface area contributed by atoms with E-state index in [1.54, 1.807) is 18.2 Å². The van der Waals surface area contributed by atoms with Crippen LogP contribution in [0.4, 0.5) is 0 Å². The van der Waals surface area contributed by atoms with E-state index in [9.17, 15) is 9.59 Å². The number of amides is 1. The zero-order valence-electron chi connectivity index (χ0n) is 16.3. The molecule has 2 heterocycles. The number of benzene rings is 2. The molecule has 2 aromatic carbocycles. The number of carbonyl (C=O) groups excluding carboxylic acids is 1. The Hall–Kier alpha value is -2.70. The molecule has 1 N–H and O–H groups in total. The predicted octanol–water partition coefficient (Wildman–Crippen LogP) is 2.77. The van der Waals surface area contributed by atoms with E-state index in [-0.39, 0.29) is 11.5 Å². The molecule has 1 aliphatic rings. The van der Waals surface area contributed by atoms with Crippen LogP contribution in [0.1, 0.15) is 17.0 Å². The van der Waals surface area contributed by atoms with Gasteiger partial charge in [0.1, 0.15) is 5.82 Å². The lowest BCUT2D eigenvalue weighted by atomic mass is 10.1. The van der Waals surface area contributed by atoms with Gasteiger partial charge in [0.2, 0.25) is 5.91 Å². The Kier molecular flexibility index (Phi) is 5.65. The number of H-pyrrole nitrogens is 1. The maximum absolute atomic E-state index is 12.6. The second-order valence-electron chi connectivity index (χ2n) is 7.49. The number of aryl methyl sites for hydroxylation is 1. The number of hydrogen-bond acceptors (Lipinski definition) is 4. The van der Waals surface area contributed by atoms with Crippen molar-refractivity contribution in [1.82, 2.24) is 19.8 Å². The minimum Gasteiger partial charge on any atom is -0.340 e. The Balaban J connectivity index is 1.35. The summed E-state index contributed by atoms with van der Waals surface area (Å²) in [6, 6.07) is 13.2. The topological polar surface area (TPSA) is 69.3 Å². The molecule has 0 aliphatic carbocycles. The third-order valence-electron chi connectivity index (χ3n) is 5.29. The van der Waals surface area contributed by atoms with Crippen LogP contribution in [0.2, 0.25) is 5.02 Å². The van der Waals surface area contributed by atoms with Crippen LogP contribution in [-0.4, -0.2) is 51.9 Å². The lowest BCUT2D eigenvalue weighted by Crippen LogP contribution is -2.49. The molecule has 3 aromatic rings. The highest BCUT2D eigenvalue weighted by molar-refractivity contribution is 6.31. The summed E-state index contributed by atoms with van der Waals surface area (Å²) in [7, 11) is 0. The fourth-order valence-electron chi connectivity index (χ4n) is 3.59. The van der Waals surface area contributed by atoms with Gasteiger partial charge in [-0.25, -0.2) is 4.98 Å². The van der Waals surface area contributed by atoms with E-state index in [0.29, 0.717) is 47.8 Å². The Labute approximate surface area is 174 Å². The first-order valence-corrected chi connectivity index (χ1v) is 10.1. The number of aromatic amines is 1. The van der Waals surface area contributed by atoms with Gasteiger partial charge in [-0.2, -0.15) is 0 Å². The molecule has 0 atom stereocenters. The van der Waals surface area contributed by atoms with E-state index in [2.05, 4.69) is 14.9 Å². The number of nitrogens with zero attached hydrogens (tertiary/aromatic N) is 3. The average molecular weight is 411 g/mol. The van der Waals surface area contributed by atoms with Crippen molar-refractivity contribution in [3.63, 3.8) is 0 Å². The molecule has 0 radical (unpaired) electrons. The molecular weight excluding hydrogens is 388 g/mol. The Morgan fingerprint density at radius 2 is 1.83 bits per heavy atom. The molecular formula is C22H23ClN4O2. The molecule has 150 valence electrons. The third-order valence-corrected chi connectivity index (χ3v) is 5.53. The molecule has 1 fully saturated rings. The molecule has 1 saturated heterocycles. The van der Waals surface area contributed by atoms with Crippen LogP contribution in [0.5, 0.6) is 0 Å². The molecule has 0 saturated carbocycles. The van der Waals surface area contributed by atoms with Gasteiger partial charge in [0.05, 0.1) is 23.9 Å². The zero-order valence-corrected chi connectivity index (χ0v) is 17.1. The van der Waals surface area contributed by atoms with Gasteiger partial charge in [-0.05, 0) is 30.7 Å². The quantitative estimate of drug-likeness (QED) is 0.718. The van der Waals surface area contributed by atoms with Gasteiger partial charge in [-0.15, -0.1) is 0 Å². The second kappa shape index (κ2) is 8.35. The predicted molar refractivity (Wildman–Crippen MR) is 114 cm³/mol. The average Bonchev–Trinajstić information content (AvgIpc) is 2.71. The van der Waals surface area contributed by atoms with Gasteiger partial charge >= 0.3 is 0 Å². The minimum absolute atomic E-state index is 0.155. The van der Waals surface area contributed by atoms with E-state index in [1.807, 2.05) is 36.1 Å². The first-order valence-electron chi connectivity index (χ1n) is 9.72. The molecule has 1 aromatic heterocycles. The number of rotatable bonds is 4. The monoisotopic (exact) mass is 410 g/mol. The van der Waals surface area contributed by atoms with Crippen molar-refractivity contribution < 1.29 is 4.79 Å². The Morgan fingerprint density at radius 3 is 2.55 bits per heavy atom. The molecule has 7 heteroatoms. The smallest absolute Gasteiger partial charge is 0.258 e. The number of piperazine rings is 1. The van der Waals surface area contributed by atoms with Gasteiger partial charge in [0.15, 0.2) is 0 Å². The van der Waals surface area contributed by atoms with E-state index in [4.69, 9.17) is 11.6 Å². The van der Waals surface area contributed by atoms with E-state index in [0.717, 1.165) is 18.7 Å². The van der Waals surface area contributed by atoms with Crippen molar-refractivity contribution in [2.24, 2.45) is 0 Å². The molecule has 0 unspecified atom stereocenters. The lowest BCUT2D eigenvalue weighted by Gasteiger charge is -2.34. The lowest BCUT2D eigenvalue weighted by molar-refractivity contribution is -0.132. The number of aromatic nitrogens is 2. The van der Waals surface area contributed by atoms with Gasteiger partial charge in [0.25, 0.3) is 5.56 Å². The van der Waals surface area contributed by atoms with Gasteiger partial charge in [-0.1, -0.05) is 41.4 Å². The van der Waals surface area contributed by atoms with Crippen LogP contribution >= 0.6 is 11.6 Å². The second-order valence-corrected chi connectivity index (χ2v) is 7.93. The minimum atomic E-state index is -0.181. The summed E-state index contributed by atoms with van der Waals surface area (Å²) < 4.78 is 0. The molecule has 6 nitrogen and oxygen atoms in total. The summed E-state index contributed by atoms with van der Waals surface area (Å²) >= 11 is 5.96. The maximum Gasteiger partial charge on any atom is 0.258 e. The van der Waals surface area contributed by atoms with Gasteiger partial charge in [-0.3, -0.25) is 14.5 Å². The number of halogens is 1. The van der Waals surface area contributed by atoms with Crippen molar-refractivity contribution in [3.8, 4) is 0 Å². The van der Waals surface area contributed by atoms with Crippen LogP contribution in [0.3, 0.4) is 0 Å². The van der Waals surface area contributed by atoms with Crippen molar-refractivity contribution in [2.45, 2.75) is 19.9 Å². The van der Waals surface area contributed by atoms with Crippen molar-refractivity contribution in [2.75, 3.05) is 26.2 Å². The molecule has 4 rings (SSSR count). The SMILES string of the molecule is Cc1ccc(CC(=O)N2CCN(Cc3nc4ccc(Cl)cc4c(=O)[nH]3)CC2)cc1.